The van der Waals surface area contributed by atoms with E-state index in [-0.39, 0.29) is 11.6 Å². The molecule has 1 aromatic rings. The Morgan fingerprint density at radius 1 is 1.20 bits per heavy atom. The average molecular weight is 297 g/mol. The zero-order valence-electron chi connectivity index (χ0n) is 11.7. The van der Waals surface area contributed by atoms with Gasteiger partial charge in [0.1, 0.15) is 5.00 Å². The van der Waals surface area contributed by atoms with Gasteiger partial charge in [0.2, 0.25) is 0 Å². The lowest BCUT2D eigenvalue weighted by atomic mass is 10.1. The van der Waals surface area contributed by atoms with Crippen LogP contribution in [0.25, 0.3) is 0 Å². The number of nitrogens with zero attached hydrogens (tertiary/aromatic N) is 1. The van der Waals surface area contributed by atoms with Crippen LogP contribution in [0.2, 0.25) is 0 Å². The van der Waals surface area contributed by atoms with Gasteiger partial charge < -0.3 is 5.11 Å². The molecule has 0 spiro atoms. The molecule has 0 bridgehead atoms. The zero-order chi connectivity index (χ0) is 14.7. The number of thiophene rings is 1. The van der Waals surface area contributed by atoms with Gasteiger partial charge in [0.25, 0.3) is 0 Å². The van der Waals surface area contributed by atoms with Crippen molar-refractivity contribution in [3.05, 3.63) is 16.0 Å². The number of anilines is 1. The summed E-state index contributed by atoms with van der Waals surface area (Å²) in [6.45, 7) is 5.27. The summed E-state index contributed by atoms with van der Waals surface area (Å²) in [6.07, 6.45) is 3.32. The lowest BCUT2D eigenvalue weighted by Crippen LogP contribution is -2.46. The van der Waals surface area contributed by atoms with E-state index in [0.717, 1.165) is 30.8 Å². The van der Waals surface area contributed by atoms with Crippen LogP contribution >= 0.6 is 11.3 Å². The van der Waals surface area contributed by atoms with Crippen molar-refractivity contribution in [3.8, 4) is 0 Å². The van der Waals surface area contributed by atoms with Crippen molar-refractivity contribution in [2.24, 2.45) is 0 Å². The van der Waals surface area contributed by atoms with Gasteiger partial charge in [-0.2, -0.15) is 0 Å². The second kappa shape index (κ2) is 6.23. The molecule has 0 aliphatic carbocycles. The quantitative estimate of drug-likeness (QED) is 0.801. The summed E-state index contributed by atoms with van der Waals surface area (Å²) in [5.41, 5.74) is 3.65. The SMILES string of the molecule is Cc1sc(NC(=O)NN2CCCCC2)c(C(=O)O)c1C. The van der Waals surface area contributed by atoms with E-state index in [2.05, 4.69) is 10.7 Å². The van der Waals surface area contributed by atoms with Crippen LogP contribution in [0, 0.1) is 13.8 Å². The molecule has 0 saturated carbocycles. The maximum Gasteiger partial charge on any atom is 0.338 e. The minimum absolute atomic E-state index is 0.182. The van der Waals surface area contributed by atoms with E-state index in [1.165, 1.54) is 17.8 Å². The van der Waals surface area contributed by atoms with Crippen molar-refractivity contribution < 1.29 is 14.7 Å². The van der Waals surface area contributed by atoms with Crippen LogP contribution in [-0.2, 0) is 0 Å². The Morgan fingerprint density at radius 3 is 2.45 bits per heavy atom. The van der Waals surface area contributed by atoms with E-state index in [1.807, 2.05) is 11.9 Å². The average Bonchev–Trinajstić information content (AvgIpc) is 2.65. The van der Waals surface area contributed by atoms with Gasteiger partial charge in [0.15, 0.2) is 0 Å². The molecule has 6 nitrogen and oxygen atoms in total. The normalized spacial score (nSPS) is 15.9. The number of piperidine rings is 1. The van der Waals surface area contributed by atoms with Crippen LogP contribution in [0.5, 0.6) is 0 Å². The molecule has 20 heavy (non-hydrogen) atoms. The number of aromatic carboxylic acids is 1. The number of hydrogen-bond acceptors (Lipinski definition) is 4. The standard InChI is InChI=1S/C13H19N3O3S/c1-8-9(2)20-11(10(8)12(17)18)14-13(19)15-16-6-4-3-5-7-16/h3-7H2,1-2H3,(H,17,18)(H2,14,15,19). The van der Waals surface area contributed by atoms with Gasteiger partial charge in [0.05, 0.1) is 5.56 Å². The van der Waals surface area contributed by atoms with Gasteiger partial charge in [-0.3, -0.25) is 10.7 Å². The molecule has 110 valence electrons. The van der Waals surface area contributed by atoms with Crippen molar-refractivity contribution in [2.45, 2.75) is 33.1 Å². The highest BCUT2D eigenvalue weighted by Crippen LogP contribution is 2.32. The topological polar surface area (TPSA) is 81.7 Å². The smallest absolute Gasteiger partial charge is 0.338 e. The number of hydrogen-bond donors (Lipinski definition) is 3. The number of carboxylic acids is 1. The summed E-state index contributed by atoms with van der Waals surface area (Å²) in [6, 6.07) is -0.379. The highest BCUT2D eigenvalue weighted by atomic mass is 32.1. The molecule has 0 atom stereocenters. The molecule has 1 aromatic heterocycles. The Hall–Kier alpha value is -1.60. The van der Waals surface area contributed by atoms with Crippen molar-refractivity contribution in [2.75, 3.05) is 18.4 Å². The lowest BCUT2D eigenvalue weighted by Gasteiger charge is -2.26. The van der Waals surface area contributed by atoms with Crippen LogP contribution in [0.1, 0.15) is 40.1 Å². The van der Waals surface area contributed by atoms with E-state index in [4.69, 9.17) is 0 Å². The first kappa shape index (κ1) is 14.8. The van der Waals surface area contributed by atoms with Crippen molar-refractivity contribution in [1.29, 1.82) is 0 Å². The minimum atomic E-state index is -1.01. The third kappa shape index (κ3) is 3.29. The molecule has 2 amide bonds. The number of amides is 2. The largest absolute Gasteiger partial charge is 0.478 e. The highest BCUT2D eigenvalue weighted by molar-refractivity contribution is 7.16. The Bertz CT molecular complexity index is 521. The predicted octanol–water partition coefficient (Wildman–Crippen LogP) is 2.59. The van der Waals surface area contributed by atoms with Gasteiger partial charge in [-0.1, -0.05) is 6.42 Å². The molecule has 0 aromatic carbocycles. The molecule has 3 N–H and O–H groups in total. The van der Waals surface area contributed by atoms with Crippen LogP contribution in [0.4, 0.5) is 9.80 Å². The maximum absolute atomic E-state index is 11.9. The van der Waals surface area contributed by atoms with Crippen LogP contribution in [0.3, 0.4) is 0 Å². The van der Waals surface area contributed by atoms with E-state index in [1.54, 1.807) is 6.92 Å². The molecule has 1 saturated heterocycles. The number of urea groups is 1. The number of aryl methyl sites for hydroxylation is 1. The molecule has 7 heteroatoms. The summed E-state index contributed by atoms with van der Waals surface area (Å²) in [7, 11) is 0. The van der Waals surface area contributed by atoms with E-state index in [9.17, 15) is 14.7 Å². The minimum Gasteiger partial charge on any atom is -0.478 e. The number of carbonyl (C=O) groups is 2. The van der Waals surface area contributed by atoms with Gasteiger partial charge in [-0.15, -0.1) is 11.3 Å². The molecular weight excluding hydrogens is 278 g/mol. The Morgan fingerprint density at radius 2 is 1.85 bits per heavy atom. The van der Waals surface area contributed by atoms with Crippen LogP contribution < -0.4 is 10.7 Å². The van der Waals surface area contributed by atoms with Gasteiger partial charge in [0, 0.05) is 18.0 Å². The lowest BCUT2D eigenvalue weighted by molar-refractivity contribution is 0.0697. The Kier molecular flexibility index (Phi) is 4.61. The summed E-state index contributed by atoms with van der Waals surface area (Å²) in [5, 5.41) is 14.1. The number of hydrazine groups is 1. The van der Waals surface area contributed by atoms with Crippen LogP contribution in [0.15, 0.2) is 0 Å². The van der Waals surface area contributed by atoms with Gasteiger partial charge in [-0.05, 0) is 32.3 Å². The summed E-state index contributed by atoms with van der Waals surface area (Å²) < 4.78 is 0. The molecule has 2 heterocycles. The fourth-order valence-corrected chi connectivity index (χ4v) is 3.30. The molecule has 0 unspecified atom stereocenters. The number of rotatable bonds is 3. The maximum atomic E-state index is 11.9. The number of carboxylic acid groups (broad SMARTS) is 1. The Balaban J connectivity index is 2.04. The molecule has 1 aliphatic rings. The number of nitrogens with one attached hydrogen (secondary N) is 2. The van der Waals surface area contributed by atoms with E-state index >= 15 is 0 Å². The van der Waals surface area contributed by atoms with Gasteiger partial charge >= 0.3 is 12.0 Å². The van der Waals surface area contributed by atoms with E-state index < -0.39 is 5.97 Å². The number of carbonyl (C=O) groups excluding carboxylic acids is 1. The highest BCUT2D eigenvalue weighted by Gasteiger charge is 2.21. The summed E-state index contributed by atoms with van der Waals surface area (Å²) >= 11 is 1.29. The first-order valence-electron chi connectivity index (χ1n) is 6.65. The molecule has 1 aliphatic heterocycles. The monoisotopic (exact) mass is 297 g/mol. The van der Waals surface area contributed by atoms with Crippen LogP contribution in [-0.4, -0.2) is 35.2 Å². The van der Waals surface area contributed by atoms with Crippen molar-refractivity contribution >= 4 is 28.3 Å². The van der Waals surface area contributed by atoms with Crippen molar-refractivity contribution in [1.82, 2.24) is 10.4 Å². The summed E-state index contributed by atoms with van der Waals surface area (Å²) in [4.78, 5) is 24.1. The first-order valence-corrected chi connectivity index (χ1v) is 7.46. The van der Waals surface area contributed by atoms with Gasteiger partial charge in [-0.25, -0.2) is 14.6 Å². The third-order valence-electron chi connectivity index (χ3n) is 3.44. The molecule has 2 rings (SSSR count). The molecule has 1 fully saturated rings. The zero-order valence-corrected chi connectivity index (χ0v) is 12.5. The van der Waals surface area contributed by atoms with E-state index in [0.29, 0.717) is 10.6 Å². The second-order valence-corrected chi connectivity index (χ2v) is 6.13. The molecular formula is C13H19N3O3S. The molecule has 0 radical (unpaired) electrons. The van der Waals surface area contributed by atoms with Crippen molar-refractivity contribution in [3.63, 3.8) is 0 Å². The second-order valence-electron chi connectivity index (χ2n) is 4.91. The fourth-order valence-electron chi connectivity index (χ4n) is 2.25. The summed E-state index contributed by atoms with van der Waals surface area (Å²) in [5.74, 6) is -1.01. The predicted molar refractivity (Wildman–Crippen MR) is 78.3 cm³/mol. The Labute approximate surface area is 121 Å². The third-order valence-corrected chi connectivity index (χ3v) is 4.56. The first-order chi connectivity index (χ1) is 9.49. The fraction of sp³-hybridized carbons (Fsp3) is 0.538.